The highest BCUT2D eigenvalue weighted by atomic mass is 79.9. The van der Waals surface area contributed by atoms with Crippen molar-refractivity contribution in [2.24, 2.45) is 5.10 Å². The number of halogens is 2. The van der Waals surface area contributed by atoms with Crippen LogP contribution in [-0.2, 0) is 0 Å². The molecule has 0 aliphatic carbocycles. The van der Waals surface area contributed by atoms with Crippen molar-refractivity contribution < 1.29 is 19.7 Å². The number of hydrazone groups is 1. The summed E-state index contributed by atoms with van der Waals surface area (Å²) in [7, 11) is 1.39. The molecule has 8 heteroatoms. The predicted molar refractivity (Wildman–Crippen MR) is 93.2 cm³/mol. The van der Waals surface area contributed by atoms with E-state index in [0.29, 0.717) is 10.0 Å². The molecule has 0 bridgehead atoms. The molecule has 6 nitrogen and oxygen atoms in total. The SMILES string of the molecule is COc1cc(C(=O)N/N=C/c2cc(Br)cc(Br)c2O)ccc1O. The van der Waals surface area contributed by atoms with Crippen molar-refractivity contribution >= 4 is 44.0 Å². The molecule has 1 amide bonds. The van der Waals surface area contributed by atoms with Crippen LogP contribution in [0.2, 0.25) is 0 Å². The van der Waals surface area contributed by atoms with E-state index < -0.39 is 5.91 Å². The number of rotatable bonds is 4. The fourth-order valence-electron chi connectivity index (χ4n) is 1.73. The fourth-order valence-corrected chi connectivity index (χ4v) is 2.99. The lowest BCUT2D eigenvalue weighted by atomic mass is 10.2. The number of benzene rings is 2. The summed E-state index contributed by atoms with van der Waals surface area (Å²) >= 11 is 6.51. The van der Waals surface area contributed by atoms with Gasteiger partial charge in [0.15, 0.2) is 11.5 Å². The summed E-state index contributed by atoms with van der Waals surface area (Å²) in [5.41, 5.74) is 3.04. The van der Waals surface area contributed by atoms with Crippen molar-refractivity contribution in [2.45, 2.75) is 0 Å². The summed E-state index contributed by atoms with van der Waals surface area (Å²) < 4.78 is 6.19. The molecular formula is C15H12Br2N2O4. The van der Waals surface area contributed by atoms with Gasteiger partial charge in [-0.3, -0.25) is 4.79 Å². The monoisotopic (exact) mass is 442 g/mol. The maximum absolute atomic E-state index is 12.0. The van der Waals surface area contributed by atoms with Crippen LogP contribution in [0.4, 0.5) is 0 Å². The maximum Gasteiger partial charge on any atom is 0.271 e. The van der Waals surface area contributed by atoms with Crippen LogP contribution in [0.25, 0.3) is 0 Å². The normalized spacial score (nSPS) is 10.7. The molecule has 0 unspecified atom stereocenters. The third-order valence-electron chi connectivity index (χ3n) is 2.87. The number of nitrogens with zero attached hydrogens (tertiary/aromatic N) is 1. The lowest BCUT2D eigenvalue weighted by Gasteiger charge is -2.06. The van der Waals surface area contributed by atoms with Gasteiger partial charge in [0.25, 0.3) is 5.91 Å². The second-order valence-corrected chi connectivity index (χ2v) is 6.18. The van der Waals surface area contributed by atoms with Crippen molar-refractivity contribution in [3.05, 3.63) is 50.4 Å². The molecule has 2 aromatic rings. The number of phenolic OH excluding ortho intramolecular Hbond substituents is 2. The summed E-state index contributed by atoms with van der Waals surface area (Å²) in [5, 5.41) is 23.2. The molecule has 0 radical (unpaired) electrons. The van der Waals surface area contributed by atoms with Gasteiger partial charge in [-0.05, 0) is 46.3 Å². The van der Waals surface area contributed by atoms with Crippen LogP contribution in [0.3, 0.4) is 0 Å². The van der Waals surface area contributed by atoms with Gasteiger partial charge in [-0.25, -0.2) is 5.43 Å². The zero-order valence-electron chi connectivity index (χ0n) is 11.9. The number of aromatic hydroxyl groups is 2. The van der Waals surface area contributed by atoms with Crippen molar-refractivity contribution in [3.8, 4) is 17.2 Å². The number of phenols is 2. The van der Waals surface area contributed by atoms with Gasteiger partial charge in [0.1, 0.15) is 5.75 Å². The highest BCUT2D eigenvalue weighted by molar-refractivity contribution is 9.11. The van der Waals surface area contributed by atoms with Crippen molar-refractivity contribution in [3.63, 3.8) is 0 Å². The molecular weight excluding hydrogens is 432 g/mol. The van der Waals surface area contributed by atoms with Gasteiger partial charge in [-0.1, -0.05) is 15.9 Å². The van der Waals surface area contributed by atoms with Crippen LogP contribution < -0.4 is 10.2 Å². The molecule has 0 aliphatic heterocycles. The van der Waals surface area contributed by atoms with Crippen molar-refractivity contribution in [1.29, 1.82) is 0 Å². The number of methoxy groups -OCH3 is 1. The molecule has 120 valence electrons. The van der Waals surface area contributed by atoms with E-state index in [4.69, 9.17) is 4.74 Å². The molecule has 0 saturated heterocycles. The molecule has 0 spiro atoms. The molecule has 2 rings (SSSR count). The van der Waals surface area contributed by atoms with Crippen LogP contribution in [0, 0.1) is 0 Å². The zero-order chi connectivity index (χ0) is 17.0. The molecule has 0 aliphatic rings. The summed E-state index contributed by atoms with van der Waals surface area (Å²) in [4.78, 5) is 12.0. The number of hydrogen-bond acceptors (Lipinski definition) is 5. The van der Waals surface area contributed by atoms with E-state index in [1.807, 2.05) is 0 Å². The van der Waals surface area contributed by atoms with E-state index >= 15 is 0 Å². The minimum Gasteiger partial charge on any atom is -0.506 e. The van der Waals surface area contributed by atoms with Gasteiger partial charge in [0, 0.05) is 15.6 Å². The van der Waals surface area contributed by atoms with Crippen LogP contribution in [0.15, 0.2) is 44.4 Å². The molecule has 0 atom stereocenters. The summed E-state index contributed by atoms with van der Waals surface area (Å²) in [6.07, 6.45) is 1.32. The van der Waals surface area contributed by atoms with E-state index in [1.165, 1.54) is 31.5 Å². The minimum absolute atomic E-state index is 0.0116. The Labute approximate surface area is 149 Å². The Kier molecular flexibility index (Phi) is 5.62. The van der Waals surface area contributed by atoms with E-state index in [0.717, 1.165) is 4.47 Å². The third-order valence-corrected chi connectivity index (χ3v) is 3.93. The lowest BCUT2D eigenvalue weighted by Crippen LogP contribution is -2.17. The van der Waals surface area contributed by atoms with Crippen LogP contribution in [-0.4, -0.2) is 29.4 Å². The van der Waals surface area contributed by atoms with E-state index in [2.05, 4.69) is 42.4 Å². The van der Waals surface area contributed by atoms with Crippen molar-refractivity contribution in [1.82, 2.24) is 5.43 Å². The standard InChI is InChI=1S/C15H12Br2N2O4/c1-23-13-5-8(2-3-12(13)20)15(22)19-18-7-9-4-10(16)6-11(17)14(9)21/h2-7,20-21H,1H3,(H,19,22)/b18-7+. The van der Waals surface area contributed by atoms with Gasteiger partial charge >= 0.3 is 0 Å². The Morgan fingerprint density at radius 3 is 2.70 bits per heavy atom. The quantitative estimate of drug-likeness (QED) is 0.498. The average Bonchev–Trinajstić information content (AvgIpc) is 2.52. The Bertz CT molecular complexity index is 778. The largest absolute Gasteiger partial charge is 0.506 e. The Balaban J connectivity index is 2.13. The summed E-state index contributed by atoms with van der Waals surface area (Å²) in [5.74, 6) is -0.336. The highest BCUT2D eigenvalue weighted by Gasteiger charge is 2.09. The van der Waals surface area contributed by atoms with E-state index in [-0.39, 0.29) is 22.8 Å². The molecule has 2 aromatic carbocycles. The van der Waals surface area contributed by atoms with Crippen molar-refractivity contribution in [2.75, 3.05) is 7.11 Å². The molecule has 23 heavy (non-hydrogen) atoms. The average molecular weight is 444 g/mol. The number of hydrogen-bond donors (Lipinski definition) is 3. The Hall–Kier alpha value is -2.06. The smallest absolute Gasteiger partial charge is 0.271 e. The number of carbonyl (C=O) groups is 1. The highest BCUT2D eigenvalue weighted by Crippen LogP contribution is 2.30. The third kappa shape index (κ3) is 4.23. The van der Waals surface area contributed by atoms with Crippen LogP contribution >= 0.6 is 31.9 Å². The first-order valence-corrected chi connectivity index (χ1v) is 7.89. The second kappa shape index (κ2) is 7.47. The van der Waals surface area contributed by atoms with E-state index in [9.17, 15) is 15.0 Å². The van der Waals surface area contributed by atoms with Gasteiger partial charge in [-0.2, -0.15) is 5.10 Å². The maximum atomic E-state index is 12.0. The predicted octanol–water partition coefficient (Wildman–Crippen LogP) is 3.40. The first-order chi connectivity index (χ1) is 10.9. The number of carbonyl (C=O) groups excluding carboxylic acids is 1. The second-order valence-electron chi connectivity index (χ2n) is 4.41. The van der Waals surface area contributed by atoms with Gasteiger partial charge < -0.3 is 14.9 Å². The first-order valence-electron chi connectivity index (χ1n) is 6.30. The molecule has 0 saturated carbocycles. The first kappa shape index (κ1) is 17.3. The molecule has 3 N–H and O–H groups in total. The Morgan fingerprint density at radius 2 is 2.00 bits per heavy atom. The van der Waals surface area contributed by atoms with Gasteiger partial charge in [-0.15, -0.1) is 0 Å². The number of amides is 1. The Morgan fingerprint density at radius 1 is 1.26 bits per heavy atom. The molecule has 0 heterocycles. The number of nitrogens with one attached hydrogen (secondary N) is 1. The van der Waals surface area contributed by atoms with Gasteiger partial charge in [0.05, 0.1) is 17.8 Å². The fraction of sp³-hybridized carbons (Fsp3) is 0.0667. The summed E-state index contributed by atoms with van der Waals surface area (Å²) in [6, 6.07) is 7.53. The zero-order valence-corrected chi connectivity index (χ0v) is 15.1. The molecule has 0 aromatic heterocycles. The molecule has 0 fully saturated rings. The van der Waals surface area contributed by atoms with Crippen LogP contribution in [0.5, 0.6) is 17.2 Å². The lowest BCUT2D eigenvalue weighted by molar-refractivity contribution is 0.0954. The topological polar surface area (TPSA) is 91.2 Å². The number of ether oxygens (including phenoxy) is 1. The minimum atomic E-state index is -0.479. The van der Waals surface area contributed by atoms with E-state index in [1.54, 1.807) is 12.1 Å². The summed E-state index contributed by atoms with van der Waals surface area (Å²) in [6.45, 7) is 0. The van der Waals surface area contributed by atoms with Gasteiger partial charge in [0.2, 0.25) is 0 Å². The van der Waals surface area contributed by atoms with Crippen LogP contribution in [0.1, 0.15) is 15.9 Å².